The van der Waals surface area contributed by atoms with Crippen molar-refractivity contribution in [2.45, 2.75) is 57.6 Å². The number of halogens is 1. The van der Waals surface area contributed by atoms with Crippen molar-refractivity contribution < 1.29 is 19.4 Å². The highest BCUT2D eigenvalue weighted by molar-refractivity contribution is 6.32. The Kier molecular flexibility index (Phi) is 11.2. The average Bonchev–Trinajstić information content (AvgIpc) is 3.03. The molecule has 2 aromatic carbocycles. The molecule has 3 aromatic rings. The Morgan fingerprint density at radius 1 is 1.19 bits per heavy atom. The fourth-order valence-corrected chi connectivity index (χ4v) is 6.27. The molecule has 4 rings (SSSR count). The van der Waals surface area contributed by atoms with E-state index >= 15 is 0 Å². The minimum absolute atomic E-state index is 0.0481. The molecule has 43 heavy (non-hydrogen) atoms. The number of nitrogens with one attached hydrogen (secondary N) is 2. The molecular weight excluding hydrogens is 564 g/mol. The summed E-state index contributed by atoms with van der Waals surface area (Å²) in [6, 6.07) is 17.7. The zero-order chi connectivity index (χ0) is 31.0. The predicted molar refractivity (Wildman–Crippen MR) is 170 cm³/mol. The van der Waals surface area contributed by atoms with Gasteiger partial charge in [-0.3, -0.25) is 4.79 Å². The number of piperidine rings is 1. The number of carbonyl (C=O) groups is 2. The van der Waals surface area contributed by atoms with E-state index in [9.17, 15) is 14.7 Å². The van der Waals surface area contributed by atoms with Gasteiger partial charge in [0.15, 0.2) is 0 Å². The molecule has 9 heteroatoms. The van der Waals surface area contributed by atoms with Gasteiger partial charge in [0.1, 0.15) is 5.15 Å². The quantitative estimate of drug-likeness (QED) is 0.179. The number of amides is 2. The van der Waals surface area contributed by atoms with Crippen LogP contribution < -0.4 is 10.6 Å². The van der Waals surface area contributed by atoms with Gasteiger partial charge in [0.25, 0.3) is 5.91 Å². The summed E-state index contributed by atoms with van der Waals surface area (Å²) >= 11 is 6.79. The molecule has 0 saturated carbocycles. The summed E-state index contributed by atoms with van der Waals surface area (Å²) in [5, 5.41) is 18.9. The maximum absolute atomic E-state index is 13.6. The van der Waals surface area contributed by atoms with E-state index in [-0.39, 0.29) is 11.8 Å². The van der Waals surface area contributed by atoms with Gasteiger partial charge in [-0.05, 0) is 79.1 Å². The first-order chi connectivity index (χ1) is 20.7. The Morgan fingerprint density at radius 3 is 2.65 bits per heavy atom. The highest BCUT2D eigenvalue weighted by Gasteiger charge is 2.43. The minimum atomic E-state index is -1.34. The molecule has 1 fully saturated rings. The van der Waals surface area contributed by atoms with Crippen LogP contribution in [0.5, 0.6) is 0 Å². The van der Waals surface area contributed by atoms with Crippen LogP contribution in [0, 0.1) is 5.92 Å². The molecule has 0 spiro atoms. The van der Waals surface area contributed by atoms with Crippen molar-refractivity contribution in [1.29, 1.82) is 0 Å². The van der Waals surface area contributed by atoms with E-state index in [2.05, 4.69) is 41.6 Å². The monoisotopic (exact) mass is 606 g/mol. The second-order valence-electron chi connectivity index (χ2n) is 11.6. The maximum atomic E-state index is 13.6. The smallest absolute Gasteiger partial charge is 0.406 e. The molecule has 3 N–H and O–H groups in total. The van der Waals surface area contributed by atoms with E-state index in [0.29, 0.717) is 60.2 Å². The molecule has 1 saturated heterocycles. The van der Waals surface area contributed by atoms with Gasteiger partial charge in [-0.15, -0.1) is 0 Å². The third-order valence-electron chi connectivity index (χ3n) is 8.37. The lowest BCUT2D eigenvalue weighted by molar-refractivity contribution is -0.0563. The lowest BCUT2D eigenvalue weighted by Crippen LogP contribution is -2.48. The number of methoxy groups -OCH3 is 1. The van der Waals surface area contributed by atoms with Crippen molar-refractivity contribution in [1.82, 2.24) is 20.5 Å². The summed E-state index contributed by atoms with van der Waals surface area (Å²) in [5.41, 5.74) is 3.81. The van der Waals surface area contributed by atoms with Crippen LogP contribution in [0.3, 0.4) is 0 Å². The summed E-state index contributed by atoms with van der Waals surface area (Å²) in [7, 11) is 3.21. The minimum Gasteiger partial charge on any atom is -0.453 e. The summed E-state index contributed by atoms with van der Waals surface area (Å²) in [6.07, 6.45) is 3.44. The van der Waals surface area contributed by atoms with Crippen LogP contribution in [0.1, 0.15) is 72.5 Å². The Morgan fingerprint density at radius 2 is 1.95 bits per heavy atom. The highest BCUT2D eigenvalue weighted by Crippen LogP contribution is 2.45. The summed E-state index contributed by atoms with van der Waals surface area (Å²) in [4.78, 5) is 31.6. The van der Waals surface area contributed by atoms with Gasteiger partial charge in [-0.1, -0.05) is 61.8 Å². The first-order valence-electron chi connectivity index (χ1n) is 15.0. The SMILES string of the molecule is CNCc1ccc(C(=O)N2CCC[C@@H]([C@@](O)(CCCNC(=O)OC)c3ccnc(Cl)c3-c3cccc(C(C)C)c3)C2)cc1. The first kappa shape index (κ1) is 32.5. The normalized spacial score (nSPS) is 16.5. The maximum Gasteiger partial charge on any atom is 0.406 e. The fraction of sp³-hybridized carbons (Fsp3) is 0.441. The van der Waals surface area contributed by atoms with Gasteiger partial charge >= 0.3 is 6.09 Å². The Balaban J connectivity index is 1.70. The zero-order valence-electron chi connectivity index (χ0n) is 25.5. The molecule has 2 amide bonds. The molecule has 2 atom stereocenters. The van der Waals surface area contributed by atoms with Crippen LogP contribution in [-0.4, -0.2) is 60.8 Å². The van der Waals surface area contributed by atoms with Crippen molar-refractivity contribution in [2.24, 2.45) is 5.92 Å². The number of benzene rings is 2. The van der Waals surface area contributed by atoms with Crippen LogP contribution in [0.2, 0.25) is 5.15 Å². The number of aliphatic hydroxyl groups is 1. The number of likely N-dealkylation sites (tertiary alicyclic amines) is 1. The van der Waals surface area contributed by atoms with Gasteiger partial charge in [-0.25, -0.2) is 9.78 Å². The molecule has 0 aliphatic carbocycles. The number of nitrogens with zero attached hydrogens (tertiary/aromatic N) is 2. The van der Waals surface area contributed by atoms with Gasteiger partial charge in [0, 0.05) is 49.4 Å². The van der Waals surface area contributed by atoms with Crippen molar-refractivity contribution in [3.63, 3.8) is 0 Å². The summed E-state index contributed by atoms with van der Waals surface area (Å²) in [6.45, 7) is 6.35. The number of rotatable bonds is 11. The van der Waals surface area contributed by atoms with Crippen molar-refractivity contribution in [3.8, 4) is 11.1 Å². The molecule has 1 aliphatic rings. The molecule has 0 bridgehead atoms. The summed E-state index contributed by atoms with van der Waals surface area (Å²) < 4.78 is 4.72. The molecule has 2 heterocycles. The van der Waals surface area contributed by atoms with Gasteiger partial charge < -0.3 is 25.4 Å². The number of alkyl carbamates (subject to hydrolysis) is 1. The Labute approximate surface area is 259 Å². The standard InChI is InChI=1S/C34H43ClN4O4/c1-23(2)26-8-5-9-27(20-26)30-29(15-18-37-31(30)35)34(42,16-7-17-38-33(41)43-4)28-10-6-19-39(22-28)32(40)25-13-11-24(12-14-25)21-36-3/h5,8-9,11-15,18,20,23,28,36,42H,6-7,10,16-17,19,21-22H2,1-4H3,(H,38,41)/t28-,34+/m1/s1. The predicted octanol–water partition coefficient (Wildman–Crippen LogP) is 6.12. The van der Waals surface area contributed by atoms with E-state index in [0.717, 1.165) is 36.1 Å². The van der Waals surface area contributed by atoms with Crippen LogP contribution in [0.25, 0.3) is 11.1 Å². The number of aromatic nitrogens is 1. The summed E-state index contributed by atoms with van der Waals surface area (Å²) in [5.74, 6) is -0.00207. The van der Waals surface area contributed by atoms with Gasteiger partial charge in [-0.2, -0.15) is 0 Å². The molecular formula is C34H43ClN4O4. The van der Waals surface area contributed by atoms with Crippen LogP contribution in [0.15, 0.2) is 60.8 Å². The number of ether oxygens (including phenoxy) is 1. The molecule has 0 radical (unpaired) electrons. The zero-order valence-corrected chi connectivity index (χ0v) is 26.3. The molecule has 8 nitrogen and oxygen atoms in total. The van der Waals surface area contributed by atoms with E-state index in [1.54, 1.807) is 6.20 Å². The van der Waals surface area contributed by atoms with Crippen LogP contribution >= 0.6 is 11.6 Å². The van der Waals surface area contributed by atoms with E-state index in [1.165, 1.54) is 7.11 Å². The molecule has 1 aliphatic heterocycles. The second kappa shape index (κ2) is 14.8. The van der Waals surface area contributed by atoms with Crippen molar-refractivity contribution in [2.75, 3.05) is 33.8 Å². The second-order valence-corrected chi connectivity index (χ2v) is 11.9. The number of pyridine rings is 1. The Bertz CT molecular complexity index is 1400. The van der Waals surface area contributed by atoms with Crippen LogP contribution in [0.4, 0.5) is 4.79 Å². The molecule has 1 aromatic heterocycles. The van der Waals surface area contributed by atoms with Gasteiger partial charge in [0.05, 0.1) is 12.7 Å². The number of carbonyl (C=O) groups excluding carboxylic acids is 2. The number of hydrogen-bond donors (Lipinski definition) is 3. The van der Waals surface area contributed by atoms with Crippen molar-refractivity contribution in [3.05, 3.63) is 88.2 Å². The topological polar surface area (TPSA) is 104 Å². The van der Waals surface area contributed by atoms with Crippen LogP contribution in [-0.2, 0) is 16.9 Å². The molecule has 230 valence electrons. The number of hydrogen-bond acceptors (Lipinski definition) is 6. The van der Waals surface area contributed by atoms with E-state index in [1.807, 2.05) is 54.4 Å². The highest BCUT2D eigenvalue weighted by atomic mass is 35.5. The van der Waals surface area contributed by atoms with Crippen molar-refractivity contribution >= 4 is 23.6 Å². The lowest BCUT2D eigenvalue weighted by Gasteiger charge is -2.43. The van der Waals surface area contributed by atoms with E-state index in [4.69, 9.17) is 16.3 Å². The lowest BCUT2D eigenvalue weighted by atomic mass is 9.72. The van der Waals surface area contributed by atoms with Gasteiger partial charge in [0.2, 0.25) is 0 Å². The third kappa shape index (κ3) is 7.74. The fourth-order valence-electron chi connectivity index (χ4n) is 6.01. The largest absolute Gasteiger partial charge is 0.453 e. The Hall–Kier alpha value is -3.46. The first-order valence-corrected chi connectivity index (χ1v) is 15.4. The van der Waals surface area contributed by atoms with E-state index < -0.39 is 11.7 Å². The average molecular weight is 607 g/mol. The third-order valence-corrected chi connectivity index (χ3v) is 8.65. The molecule has 0 unspecified atom stereocenters.